The molecule has 0 atom stereocenters. The molecule has 0 aromatic carbocycles. The lowest BCUT2D eigenvalue weighted by Crippen LogP contribution is -2.23. The van der Waals surface area contributed by atoms with Gasteiger partial charge in [-0.3, -0.25) is 4.98 Å². The van der Waals surface area contributed by atoms with E-state index in [0.29, 0.717) is 12.2 Å². The molecule has 0 radical (unpaired) electrons. The Morgan fingerprint density at radius 2 is 2.11 bits per heavy atom. The smallest absolute Gasteiger partial charge is 0.158 e. The highest BCUT2D eigenvalue weighted by Gasteiger charge is 2.07. The maximum atomic E-state index is 8.68. The topological polar surface area (TPSA) is 65.7 Å². The predicted octanol–water partition coefficient (Wildman–Crippen LogP) is 1.77. The van der Waals surface area contributed by atoms with Gasteiger partial charge in [-0.2, -0.15) is 5.26 Å². The van der Waals surface area contributed by atoms with E-state index < -0.39 is 0 Å². The van der Waals surface area contributed by atoms with E-state index in [9.17, 15) is 0 Å². The number of pyridine rings is 1. The lowest BCUT2D eigenvalue weighted by atomic mass is 10.3. The van der Waals surface area contributed by atoms with Gasteiger partial charge < -0.3 is 4.90 Å². The molecule has 5 heteroatoms. The van der Waals surface area contributed by atoms with E-state index in [0.717, 1.165) is 18.1 Å². The third kappa shape index (κ3) is 2.80. The van der Waals surface area contributed by atoms with E-state index in [-0.39, 0.29) is 0 Å². The fraction of sp³-hybridized carbons (Fsp3) is 0.231. The van der Waals surface area contributed by atoms with E-state index in [1.165, 1.54) is 6.20 Å². The summed E-state index contributed by atoms with van der Waals surface area (Å²) >= 11 is 0. The van der Waals surface area contributed by atoms with Crippen LogP contribution in [0.15, 0.2) is 36.8 Å². The minimum Gasteiger partial charge on any atom is -0.350 e. The normalized spacial score (nSPS) is 9.78. The molecule has 0 fully saturated rings. The number of rotatable bonds is 4. The van der Waals surface area contributed by atoms with Crippen molar-refractivity contribution in [3.63, 3.8) is 0 Å². The lowest BCUT2D eigenvalue weighted by molar-refractivity contribution is 0.789. The molecule has 0 aliphatic carbocycles. The summed E-state index contributed by atoms with van der Waals surface area (Å²) in [4.78, 5) is 14.6. The molecule has 2 aromatic rings. The van der Waals surface area contributed by atoms with Crippen LogP contribution in [-0.2, 0) is 6.54 Å². The molecule has 2 rings (SSSR count). The summed E-state index contributed by atoms with van der Waals surface area (Å²) in [6.07, 6.45) is 4.87. The number of hydrogen-bond acceptors (Lipinski definition) is 5. The number of anilines is 1. The van der Waals surface area contributed by atoms with Crippen LogP contribution in [0.1, 0.15) is 18.3 Å². The molecule has 0 amide bonds. The van der Waals surface area contributed by atoms with Gasteiger partial charge in [0.25, 0.3) is 0 Å². The van der Waals surface area contributed by atoms with Gasteiger partial charge in [0, 0.05) is 12.7 Å². The first-order valence-electron chi connectivity index (χ1n) is 5.70. The van der Waals surface area contributed by atoms with E-state index in [1.54, 1.807) is 12.4 Å². The van der Waals surface area contributed by atoms with Crippen LogP contribution >= 0.6 is 0 Å². The van der Waals surface area contributed by atoms with Crippen molar-refractivity contribution in [1.82, 2.24) is 15.0 Å². The highest BCUT2D eigenvalue weighted by atomic mass is 15.2. The second-order valence-electron chi connectivity index (χ2n) is 3.71. The Hall–Kier alpha value is -2.48. The summed E-state index contributed by atoms with van der Waals surface area (Å²) < 4.78 is 0. The van der Waals surface area contributed by atoms with Gasteiger partial charge in [-0.05, 0) is 19.1 Å². The highest BCUT2D eigenvalue weighted by Crippen LogP contribution is 2.11. The van der Waals surface area contributed by atoms with Crippen molar-refractivity contribution in [2.45, 2.75) is 13.5 Å². The molecule has 0 saturated carbocycles. The van der Waals surface area contributed by atoms with Crippen LogP contribution < -0.4 is 4.90 Å². The zero-order valence-electron chi connectivity index (χ0n) is 10.1. The molecule has 0 aliphatic heterocycles. The first-order valence-corrected chi connectivity index (χ1v) is 5.70. The molecule has 0 aliphatic rings. The Bertz CT molecular complexity index is 530. The van der Waals surface area contributed by atoms with Crippen molar-refractivity contribution in [3.8, 4) is 6.07 Å². The first kappa shape index (κ1) is 12.0. The van der Waals surface area contributed by atoms with Crippen LogP contribution in [-0.4, -0.2) is 21.5 Å². The standard InChI is InChI=1S/C13H13N5/c1-2-18(10-11-5-3-4-6-15-11)13-9-16-12(7-14)8-17-13/h3-6,8-9H,2,10H2,1H3. The Morgan fingerprint density at radius 1 is 1.22 bits per heavy atom. The molecule has 0 saturated heterocycles. The van der Waals surface area contributed by atoms with Gasteiger partial charge in [0.1, 0.15) is 11.9 Å². The predicted molar refractivity (Wildman–Crippen MR) is 67.7 cm³/mol. The minimum atomic E-state index is 0.327. The Balaban J connectivity index is 2.15. The molecule has 18 heavy (non-hydrogen) atoms. The lowest BCUT2D eigenvalue weighted by Gasteiger charge is -2.20. The maximum Gasteiger partial charge on any atom is 0.158 e. The third-order valence-corrected chi connectivity index (χ3v) is 2.54. The maximum absolute atomic E-state index is 8.68. The third-order valence-electron chi connectivity index (χ3n) is 2.54. The second kappa shape index (κ2) is 5.73. The van der Waals surface area contributed by atoms with Crippen molar-refractivity contribution < 1.29 is 0 Å². The number of nitrogens with zero attached hydrogens (tertiary/aromatic N) is 5. The summed E-state index contributed by atoms with van der Waals surface area (Å²) in [7, 11) is 0. The Kier molecular flexibility index (Phi) is 3.82. The molecular formula is C13H13N5. The van der Waals surface area contributed by atoms with Crippen molar-refractivity contribution in [3.05, 3.63) is 48.2 Å². The fourth-order valence-electron chi connectivity index (χ4n) is 1.58. The first-order chi connectivity index (χ1) is 8.83. The van der Waals surface area contributed by atoms with E-state index in [4.69, 9.17) is 5.26 Å². The molecule has 5 nitrogen and oxygen atoms in total. The van der Waals surface area contributed by atoms with E-state index >= 15 is 0 Å². The van der Waals surface area contributed by atoms with E-state index in [2.05, 4.69) is 19.9 Å². The largest absolute Gasteiger partial charge is 0.350 e. The van der Waals surface area contributed by atoms with Crippen LogP contribution in [0.25, 0.3) is 0 Å². The number of nitriles is 1. The van der Waals surface area contributed by atoms with Gasteiger partial charge in [-0.15, -0.1) is 0 Å². The molecule has 0 N–H and O–H groups in total. The average molecular weight is 239 g/mol. The molecule has 90 valence electrons. The van der Waals surface area contributed by atoms with Gasteiger partial charge in [0.2, 0.25) is 0 Å². The summed E-state index contributed by atoms with van der Waals surface area (Å²) in [5.41, 5.74) is 1.30. The van der Waals surface area contributed by atoms with Crippen LogP contribution in [0.4, 0.5) is 5.82 Å². The number of hydrogen-bond donors (Lipinski definition) is 0. The quantitative estimate of drug-likeness (QED) is 0.813. The fourth-order valence-corrected chi connectivity index (χ4v) is 1.58. The zero-order valence-corrected chi connectivity index (χ0v) is 10.1. The van der Waals surface area contributed by atoms with Crippen molar-refractivity contribution in [2.24, 2.45) is 0 Å². The molecule has 0 spiro atoms. The minimum absolute atomic E-state index is 0.327. The molecule has 2 aromatic heterocycles. The molecule has 0 unspecified atom stereocenters. The van der Waals surface area contributed by atoms with Gasteiger partial charge in [0.15, 0.2) is 5.69 Å². The summed E-state index contributed by atoms with van der Waals surface area (Å²) in [6.45, 7) is 3.53. The van der Waals surface area contributed by atoms with Gasteiger partial charge in [0.05, 0.1) is 24.6 Å². The van der Waals surface area contributed by atoms with Gasteiger partial charge in [-0.1, -0.05) is 6.07 Å². The van der Waals surface area contributed by atoms with Gasteiger partial charge >= 0.3 is 0 Å². The summed E-state index contributed by atoms with van der Waals surface area (Å²) in [5, 5.41) is 8.68. The van der Waals surface area contributed by atoms with Crippen LogP contribution in [0, 0.1) is 11.3 Å². The Labute approximate surface area is 106 Å². The average Bonchev–Trinajstić information content (AvgIpc) is 2.46. The van der Waals surface area contributed by atoms with Crippen LogP contribution in [0.3, 0.4) is 0 Å². The number of aromatic nitrogens is 3. The molecule has 0 bridgehead atoms. The summed E-state index contributed by atoms with van der Waals surface area (Å²) in [6, 6.07) is 7.78. The molecule has 2 heterocycles. The summed E-state index contributed by atoms with van der Waals surface area (Å²) in [5.74, 6) is 0.752. The van der Waals surface area contributed by atoms with Crippen molar-refractivity contribution in [1.29, 1.82) is 5.26 Å². The SMILES string of the molecule is CCN(Cc1ccccn1)c1cnc(C#N)cn1. The Morgan fingerprint density at radius 3 is 2.67 bits per heavy atom. The highest BCUT2D eigenvalue weighted by molar-refractivity contribution is 5.37. The van der Waals surface area contributed by atoms with Crippen molar-refractivity contribution in [2.75, 3.05) is 11.4 Å². The monoisotopic (exact) mass is 239 g/mol. The second-order valence-corrected chi connectivity index (χ2v) is 3.71. The van der Waals surface area contributed by atoms with Crippen molar-refractivity contribution >= 4 is 5.82 Å². The van der Waals surface area contributed by atoms with Crippen LogP contribution in [0.2, 0.25) is 0 Å². The molecular weight excluding hydrogens is 226 g/mol. The zero-order chi connectivity index (χ0) is 12.8. The van der Waals surface area contributed by atoms with Gasteiger partial charge in [-0.25, -0.2) is 9.97 Å². The van der Waals surface area contributed by atoms with E-state index in [1.807, 2.05) is 31.2 Å². The van der Waals surface area contributed by atoms with Crippen LogP contribution in [0.5, 0.6) is 0 Å².